The molecule has 0 spiro atoms. The van der Waals surface area contributed by atoms with Gasteiger partial charge in [0, 0.05) is 0 Å². The van der Waals surface area contributed by atoms with Crippen LogP contribution in [0.3, 0.4) is 0 Å². The Balaban J connectivity index is 2.08. The lowest BCUT2D eigenvalue weighted by molar-refractivity contribution is 0.0918. The largest absolute Gasteiger partial charge is 0.496 e. The van der Waals surface area contributed by atoms with Crippen molar-refractivity contribution in [1.82, 2.24) is 0 Å². The van der Waals surface area contributed by atoms with Gasteiger partial charge in [0.2, 0.25) is 5.78 Å². The smallest absolute Gasteiger partial charge is 0.203 e. The van der Waals surface area contributed by atoms with Gasteiger partial charge >= 0.3 is 0 Å². The molecule has 110 valence electrons. The monoisotopic (exact) mass is 286 g/mol. The average molecular weight is 286 g/mol. The molecule has 4 heteroatoms. The third-order valence-electron chi connectivity index (χ3n) is 3.11. The Morgan fingerprint density at radius 1 is 1.19 bits per heavy atom. The molecule has 2 aromatic rings. The molecule has 2 rings (SSSR count). The summed E-state index contributed by atoms with van der Waals surface area (Å²) in [5.41, 5.74) is 2.27. The zero-order chi connectivity index (χ0) is 15.2. The van der Waals surface area contributed by atoms with E-state index in [2.05, 4.69) is 0 Å². The lowest BCUT2D eigenvalue weighted by Gasteiger charge is -2.10. The first-order valence-electron chi connectivity index (χ1n) is 6.64. The fraction of sp³-hybridized carbons (Fsp3) is 0.235. The molecule has 0 atom stereocenters. The fourth-order valence-electron chi connectivity index (χ4n) is 1.99. The van der Waals surface area contributed by atoms with Crippen molar-refractivity contribution in [2.45, 2.75) is 13.5 Å². The molecular formula is C17H18O4. The van der Waals surface area contributed by atoms with E-state index >= 15 is 0 Å². The summed E-state index contributed by atoms with van der Waals surface area (Å²) < 4.78 is 10.7. The van der Waals surface area contributed by atoms with Crippen LogP contribution in [0.15, 0.2) is 42.5 Å². The van der Waals surface area contributed by atoms with E-state index in [9.17, 15) is 4.79 Å². The molecule has 21 heavy (non-hydrogen) atoms. The van der Waals surface area contributed by atoms with E-state index in [0.29, 0.717) is 17.1 Å². The van der Waals surface area contributed by atoms with E-state index in [-0.39, 0.29) is 19.0 Å². The second-order valence-electron chi connectivity index (χ2n) is 4.72. The number of hydrogen-bond donors (Lipinski definition) is 1. The molecule has 1 N–H and O–H groups in total. The summed E-state index contributed by atoms with van der Waals surface area (Å²) in [5, 5.41) is 9.07. The molecule has 0 saturated carbocycles. The average Bonchev–Trinajstić information content (AvgIpc) is 2.52. The minimum absolute atomic E-state index is 0.0586. The number of rotatable bonds is 6. The maximum absolute atomic E-state index is 12.2. The first kappa shape index (κ1) is 15.1. The van der Waals surface area contributed by atoms with Crippen LogP contribution in [0.5, 0.6) is 11.5 Å². The highest BCUT2D eigenvalue weighted by atomic mass is 16.5. The van der Waals surface area contributed by atoms with E-state index in [4.69, 9.17) is 14.6 Å². The highest BCUT2D eigenvalue weighted by molar-refractivity contribution is 5.99. The van der Waals surface area contributed by atoms with Gasteiger partial charge in [0.1, 0.15) is 11.5 Å². The van der Waals surface area contributed by atoms with Crippen molar-refractivity contribution in [2.75, 3.05) is 13.7 Å². The predicted molar refractivity (Wildman–Crippen MR) is 79.9 cm³/mol. The zero-order valence-electron chi connectivity index (χ0n) is 12.1. The molecule has 0 heterocycles. The van der Waals surface area contributed by atoms with Crippen LogP contribution >= 0.6 is 0 Å². The third kappa shape index (κ3) is 3.83. The van der Waals surface area contributed by atoms with E-state index in [1.165, 1.54) is 7.11 Å². The number of aliphatic hydroxyl groups is 1. The summed E-state index contributed by atoms with van der Waals surface area (Å²) in [4.78, 5) is 12.2. The zero-order valence-corrected chi connectivity index (χ0v) is 12.1. The number of carbonyl (C=O) groups excluding carboxylic acids is 1. The van der Waals surface area contributed by atoms with Gasteiger partial charge < -0.3 is 14.6 Å². The molecule has 0 saturated heterocycles. The van der Waals surface area contributed by atoms with Crippen molar-refractivity contribution in [1.29, 1.82) is 0 Å². The van der Waals surface area contributed by atoms with Crippen LogP contribution in [0.4, 0.5) is 0 Å². The predicted octanol–water partition coefficient (Wildman–Crippen LogP) is 2.76. The van der Waals surface area contributed by atoms with Crippen LogP contribution in [-0.2, 0) is 6.61 Å². The number of ketones is 1. The Bertz CT molecular complexity index is 634. The van der Waals surface area contributed by atoms with Gasteiger partial charge in [-0.3, -0.25) is 4.79 Å². The fourth-order valence-corrected chi connectivity index (χ4v) is 1.99. The Hall–Kier alpha value is -2.33. The Labute approximate surface area is 123 Å². The SMILES string of the molecule is COc1cc(C)ccc1C(=O)COc1cccc(CO)c1. The number of benzene rings is 2. The molecule has 0 unspecified atom stereocenters. The molecule has 0 aliphatic rings. The summed E-state index contributed by atoms with van der Waals surface area (Å²) in [6.07, 6.45) is 0. The van der Waals surface area contributed by atoms with Crippen molar-refractivity contribution in [2.24, 2.45) is 0 Å². The molecule has 0 aliphatic carbocycles. The van der Waals surface area contributed by atoms with Gasteiger partial charge in [-0.05, 0) is 42.3 Å². The topological polar surface area (TPSA) is 55.8 Å². The number of carbonyl (C=O) groups is 1. The van der Waals surface area contributed by atoms with Crippen molar-refractivity contribution in [3.05, 3.63) is 59.2 Å². The van der Waals surface area contributed by atoms with E-state index in [1.807, 2.05) is 19.1 Å². The molecular weight excluding hydrogens is 268 g/mol. The van der Waals surface area contributed by atoms with E-state index < -0.39 is 0 Å². The van der Waals surface area contributed by atoms with Crippen LogP contribution < -0.4 is 9.47 Å². The van der Waals surface area contributed by atoms with Gasteiger partial charge in [-0.15, -0.1) is 0 Å². The minimum Gasteiger partial charge on any atom is -0.496 e. The van der Waals surface area contributed by atoms with Gasteiger partial charge in [0.05, 0.1) is 19.3 Å². The van der Waals surface area contributed by atoms with Gasteiger partial charge in [-0.25, -0.2) is 0 Å². The van der Waals surface area contributed by atoms with Gasteiger partial charge in [-0.2, -0.15) is 0 Å². The first-order chi connectivity index (χ1) is 10.1. The highest BCUT2D eigenvalue weighted by Gasteiger charge is 2.13. The van der Waals surface area contributed by atoms with Gasteiger partial charge in [0.25, 0.3) is 0 Å². The highest BCUT2D eigenvalue weighted by Crippen LogP contribution is 2.21. The number of aryl methyl sites for hydroxylation is 1. The summed E-state index contributed by atoms with van der Waals surface area (Å²) >= 11 is 0. The van der Waals surface area contributed by atoms with Crippen LogP contribution in [0, 0.1) is 6.92 Å². The maximum Gasteiger partial charge on any atom is 0.203 e. The Morgan fingerprint density at radius 3 is 2.71 bits per heavy atom. The van der Waals surface area contributed by atoms with Crippen molar-refractivity contribution >= 4 is 5.78 Å². The molecule has 0 aliphatic heterocycles. The van der Waals surface area contributed by atoms with Crippen LogP contribution in [0.2, 0.25) is 0 Å². The molecule has 2 aromatic carbocycles. The Morgan fingerprint density at radius 2 is 2.00 bits per heavy atom. The van der Waals surface area contributed by atoms with Gasteiger partial charge in [0.15, 0.2) is 6.61 Å². The summed E-state index contributed by atoms with van der Waals surface area (Å²) in [6, 6.07) is 12.4. The lowest BCUT2D eigenvalue weighted by atomic mass is 10.1. The summed E-state index contributed by atoms with van der Waals surface area (Å²) in [6.45, 7) is 1.80. The van der Waals surface area contributed by atoms with Crippen molar-refractivity contribution in [3.8, 4) is 11.5 Å². The summed E-state index contributed by atoms with van der Waals surface area (Å²) in [7, 11) is 1.54. The van der Waals surface area contributed by atoms with Crippen molar-refractivity contribution < 1.29 is 19.4 Å². The number of ether oxygens (including phenoxy) is 2. The first-order valence-corrected chi connectivity index (χ1v) is 6.64. The second kappa shape index (κ2) is 6.90. The number of methoxy groups -OCH3 is 1. The standard InChI is InChI=1S/C17H18O4/c1-12-6-7-15(17(8-12)20-2)16(19)11-21-14-5-3-4-13(9-14)10-18/h3-9,18H,10-11H2,1-2H3. The van der Waals surface area contributed by atoms with E-state index in [1.54, 1.807) is 30.3 Å². The number of aliphatic hydroxyl groups excluding tert-OH is 1. The number of Topliss-reactive ketones (excluding diaryl/α,β-unsaturated/α-hetero) is 1. The normalized spacial score (nSPS) is 10.2. The second-order valence-corrected chi connectivity index (χ2v) is 4.72. The molecule has 0 radical (unpaired) electrons. The van der Waals surface area contributed by atoms with Crippen LogP contribution in [0.25, 0.3) is 0 Å². The molecule has 0 fully saturated rings. The van der Waals surface area contributed by atoms with Crippen LogP contribution in [-0.4, -0.2) is 24.6 Å². The van der Waals surface area contributed by atoms with Gasteiger partial charge in [-0.1, -0.05) is 18.2 Å². The third-order valence-corrected chi connectivity index (χ3v) is 3.11. The molecule has 0 amide bonds. The molecule has 4 nitrogen and oxygen atoms in total. The number of hydrogen-bond acceptors (Lipinski definition) is 4. The quantitative estimate of drug-likeness (QED) is 0.830. The van der Waals surface area contributed by atoms with Crippen LogP contribution in [0.1, 0.15) is 21.5 Å². The molecule has 0 bridgehead atoms. The molecule has 0 aromatic heterocycles. The van der Waals surface area contributed by atoms with E-state index in [0.717, 1.165) is 11.1 Å². The van der Waals surface area contributed by atoms with Crippen molar-refractivity contribution in [3.63, 3.8) is 0 Å². The minimum atomic E-state index is -0.152. The lowest BCUT2D eigenvalue weighted by Crippen LogP contribution is -2.13. The maximum atomic E-state index is 12.2. The summed E-state index contributed by atoms with van der Waals surface area (Å²) in [5.74, 6) is 0.954. The Kier molecular flexibility index (Phi) is 4.95.